The monoisotopic (exact) mass is 215 g/mol. The Balaban J connectivity index is 3.94. The lowest BCUT2D eigenvalue weighted by molar-refractivity contribution is -0.192. The largest absolute Gasteiger partial charge is 0.481 e. The molecule has 0 heterocycles. The van der Waals surface area contributed by atoms with Gasteiger partial charge in [0.25, 0.3) is 0 Å². The van der Waals surface area contributed by atoms with Crippen LogP contribution in [0, 0.1) is 5.92 Å². The van der Waals surface area contributed by atoms with Crippen LogP contribution in [0.3, 0.4) is 0 Å². The smallest absolute Gasteiger partial charge is 0.403 e. The van der Waals surface area contributed by atoms with Crippen LogP contribution >= 0.6 is 0 Å². The van der Waals surface area contributed by atoms with E-state index in [-0.39, 0.29) is 13.2 Å². The van der Waals surface area contributed by atoms with Gasteiger partial charge in [-0.25, -0.2) is 0 Å². The third kappa shape index (κ3) is 5.03. The van der Waals surface area contributed by atoms with Gasteiger partial charge in [-0.3, -0.25) is 4.79 Å². The van der Waals surface area contributed by atoms with Crippen molar-refractivity contribution in [3.05, 3.63) is 0 Å². The number of carboxylic acid groups (broad SMARTS) is 1. The first kappa shape index (κ1) is 13.2. The molecule has 0 fully saturated rings. The topological polar surface area (TPSA) is 58.6 Å². The Kier molecular flexibility index (Phi) is 5.47. The fourth-order valence-corrected chi connectivity index (χ4v) is 0.764. The molecule has 2 N–H and O–H groups in total. The van der Waals surface area contributed by atoms with E-state index in [9.17, 15) is 18.0 Å². The summed E-state index contributed by atoms with van der Waals surface area (Å²) in [6.07, 6.45) is -4.72. The SMILES string of the molecule is COCCNCC(C(=O)O)C(F)(F)F. The number of halogens is 3. The third-order valence-corrected chi connectivity index (χ3v) is 1.52. The second kappa shape index (κ2) is 5.82. The average Bonchev–Trinajstić information content (AvgIpc) is 2.01. The van der Waals surface area contributed by atoms with E-state index < -0.39 is 24.6 Å². The summed E-state index contributed by atoms with van der Waals surface area (Å²) < 4.78 is 40.7. The molecular weight excluding hydrogens is 203 g/mol. The van der Waals surface area contributed by atoms with Crippen LogP contribution < -0.4 is 5.32 Å². The number of aliphatic carboxylic acids is 1. The highest BCUT2D eigenvalue weighted by Crippen LogP contribution is 2.25. The second-order valence-corrected chi connectivity index (χ2v) is 2.63. The number of carboxylic acids is 1. The van der Waals surface area contributed by atoms with Gasteiger partial charge in [-0.15, -0.1) is 0 Å². The van der Waals surface area contributed by atoms with Crippen molar-refractivity contribution in [2.24, 2.45) is 5.92 Å². The molecule has 0 aliphatic heterocycles. The van der Waals surface area contributed by atoms with Gasteiger partial charge >= 0.3 is 12.1 Å². The van der Waals surface area contributed by atoms with Crippen LogP contribution in [0.2, 0.25) is 0 Å². The van der Waals surface area contributed by atoms with Crippen LogP contribution in [-0.4, -0.2) is 44.1 Å². The van der Waals surface area contributed by atoms with Crippen molar-refractivity contribution in [2.45, 2.75) is 6.18 Å². The highest BCUT2D eigenvalue weighted by Gasteiger charge is 2.44. The maximum Gasteiger partial charge on any atom is 0.403 e. The van der Waals surface area contributed by atoms with Crippen LogP contribution in [0.5, 0.6) is 0 Å². The minimum Gasteiger partial charge on any atom is -0.481 e. The maximum absolute atomic E-state index is 12.0. The molecule has 1 unspecified atom stereocenters. The molecule has 0 aliphatic carbocycles. The summed E-state index contributed by atoms with van der Waals surface area (Å²) in [5, 5.41) is 10.6. The first-order valence-corrected chi connectivity index (χ1v) is 3.88. The van der Waals surface area contributed by atoms with Gasteiger partial charge < -0.3 is 15.2 Å². The molecule has 0 radical (unpaired) electrons. The lowest BCUT2D eigenvalue weighted by atomic mass is 10.1. The van der Waals surface area contributed by atoms with Gasteiger partial charge in [0, 0.05) is 20.2 Å². The van der Waals surface area contributed by atoms with Crippen LogP contribution in [0.15, 0.2) is 0 Å². The third-order valence-electron chi connectivity index (χ3n) is 1.52. The van der Waals surface area contributed by atoms with Gasteiger partial charge in [0.05, 0.1) is 6.61 Å². The van der Waals surface area contributed by atoms with E-state index in [4.69, 9.17) is 5.11 Å². The molecule has 84 valence electrons. The molecule has 7 heteroatoms. The van der Waals surface area contributed by atoms with Gasteiger partial charge in [0.1, 0.15) is 0 Å². The van der Waals surface area contributed by atoms with Gasteiger partial charge in [-0.1, -0.05) is 0 Å². The molecule has 4 nitrogen and oxygen atoms in total. The number of hydrogen-bond donors (Lipinski definition) is 2. The zero-order chi connectivity index (χ0) is 11.2. The van der Waals surface area contributed by atoms with Crippen molar-refractivity contribution in [3.63, 3.8) is 0 Å². The highest BCUT2D eigenvalue weighted by molar-refractivity contribution is 5.71. The Labute approximate surface area is 79.0 Å². The van der Waals surface area contributed by atoms with E-state index in [1.807, 2.05) is 0 Å². The van der Waals surface area contributed by atoms with Crippen molar-refractivity contribution in [3.8, 4) is 0 Å². The molecule has 0 saturated carbocycles. The van der Waals surface area contributed by atoms with E-state index in [0.29, 0.717) is 0 Å². The number of rotatable bonds is 6. The lowest BCUT2D eigenvalue weighted by Gasteiger charge is -2.16. The molecule has 1 atom stereocenters. The number of ether oxygens (including phenoxy) is 1. The quantitative estimate of drug-likeness (QED) is 0.633. The Morgan fingerprint density at radius 3 is 2.50 bits per heavy atom. The van der Waals surface area contributed by atoms with E-state index in [0.717, 1.165) is 0 Å². The number of hydrogen-bond acceptors (Lipinski definition) is 3. The highest BCUT2D eigenvalue weighted by atomic mass is 19.4. The molecule has 0 bridgehead atoms. The van der Waals surface area contributed by atoms with E-state index in [1.54, 1.807) is 0 Å². The molecule has 0 spiro atoms. The van der Waals surface area contributed by atoms with Gasteiger partial charge in [0.2, 0.25) is 0 Å². The van der Waals surface area contributed by atoms with E-state index in [1.165, 1.54) is 7.11 Å². The lowest BCUT2D eigenvalue weighted by Crippen LogP contribution is -2.39. The Hall–Kier alpha value is -0.820. The minimum atomic E-state index is -4.72. The number of carbonyl (C=O) groups is 1. The molecule has 0 aromatic carbocycles. The number of nitrogens with one attached hydrogen (secondary N) is 1. The Morgan fingerprint density at radius 2 is 2.14 bits per heavy atom. The van der Waals surface area contributed by atoms with Crippen LogP contribution in [0.1, 0.15) is 0 Å². The molecule has 0 amide bonds. The normalized spacial score (nSPS) is 14.0. The van der Waals surface area contributed by atoms with Crippen molar-refractivity contribution in [2.75, 3.05) is 26.8 Å². The minimum absolute atomic E-state index is 0.191. The predicted octanol–water partition coefficient (Wildman–Crippen LogP) is 0.486. The fraction of sp³-hybridized carbons (Fsp3) is 0.857. The summed E-state index contributed by atoms with van der Waals surface area (Å²) in [4.78, 5) is 10.2. The summed E-state index contributed by atoms with van der Waals surface area (Å²) in [5.41, 5.74) is 0. The van der Waals surface area contributed by atoms with Crippen molar-refractivity contribution in [1.82, 2.24) is 5.32 Å². The van der Waals surface area contributed by atoms with Crippen molar-refractivity contribution >= 4 is 5.97 Å². The molecule has 0 aliphatic rings. The fourth-order valence-electron chi connectivity index (χ4n) is 0.764. The van der Waals surface area contributed by atoms with Crippen LogP contribution in [0.4, 0.5) is 13.2 Å². The van der Waals surface area contributed by atoms with E-state index in [2.05, 4.69) is 10.1 Å². The second-order valence-electron chi connectivity index (χ2n) is 2.63. The van der Waals surface area contributed by atoms with Gasteiger partial charge in [0.15, 0.2) is 5.92 Å². The average molecular weight is 215 g/mol. The standard InChI is InChI=1S/C7H12F3NO3/c1-14-3-2-11-4-5(6(12)13)7(8,9)10/h5,11H,2-4H2,1H3,(H,12,13). The van der Waals surface area contributed by atoms with E-state index >= 15 is 0 Å². The molecular formula is C7H12F3NO3. The molecule has 0 saturated heterocycles. The molecule has 0 aromatic rings. The Morgan fingerprint density at radius 1 is 1.57 bits per heavy atom. The Bertz CT molecular complexity index is 184. The van der Waals surface area contributed by atoms with Crippen molar-refractivity contribution in [1.29, 1.82) is 0 Å². The number of methoxy groups -OCH3 is 1. The van der Waals surface area contributed by atoms with Gasteiger partial charge in [-0.2, -0.15) is 13.2 Å². The first-order chi connectivity index (χ1) is 6.39. The summed E-state index contributed by atoms with van der Waals surface area (Å²) in [5.74, 6) is -4.23. The summed E-state index contributed by atoms with van der Waals surface area (Å²) >= 11 is 0. The zero-order valence-corrected chi connectivity index (χ0v) is 7.60. The summed E-state index contributed by atoms with van der Waals surface area (Å²) in [6, 6.07) is 0. The molecule has 0 aromatic heterocycles. The number of alkyl halides is 3. The van der Waals surface area contributed by atoms with Crippen LogP contribution in [0.25, 0.3) is 0 Å². The zero-order valence-electron chi connectivity index (χ0n) is 7.60. The van der Waals surface area contributed by atoms with Gasteiger partial charge in [-0.05, 0) is 0 Å². The molecule has 14 heavy (non-hydrogen) atoms. The predicted molar refractivity (Wildman–Crippen MR) is 41.9 cm³/mol. The maximum atomic E-state index is 12.0. The summed E-state index contributed by atoms with van der Waals surface area (Å²) in [7, 11) is 1.40. The van der Waals surface area contributed by atoms with Crippen molar-refractivity contribution < 1.29 is 27.8 Å². The molecule has 0 rings (SSSR count). The van der Waals surface area contributed by atoms with Crippen LogP contribution in [-0.2, 0) is 9.53 Å². The first-order valence-electron chi connectivity index (χ1n) is 3.88. The summed E-state index contributed by atoms with van der Waals surface area (Å²) in [6.45, 7) is -0.206.